The van der Waals surface area contributed by atoms with Gasteiger partial charge in [-0.1, -0.05) is 19.8 Å². The lowest BCUT2D eigenvalue weighted by atomic mass is 9.86. The van der Waals surface area contributed by atoms with Crippen molar-refractivity contribution in [2.24, 2.45) is 5.92 Å². The summed E-state index contributed by atoms with van der Waals surface area (Å²) in [4.78, 5) is 24.7. The van der Waals surface area contributed by atoms with Crippen LogP contribution in [0.1, 0.15) is 63.3 Å². The number of nitrogens with zero attached hydrogens (tertiary/aromatic N) is 2. The normalized spacial score (nSPS) is 25.5. The van der Waals surface area contributed by atoms with Crippen LogP contribution in [0, 0.1) is 5.92 Å². The summed E-state index contributed by atoms with van der Waals surface area (Å²) in [6, 6.07) is 1.34. The summed E-state index contributed by atoms with van der Waals surface area (Å²) in [5.74, 6) is 0.417. The molecule has 1 amide bonds. The Balaban J connectivity index is 1.74. The smallest absolute Gasteiger partial charge is 0.267 e. The molecule has 3 unspecified atom stereocenters. The third-order valence-corrected chi connectivity index (χ3v) is 5.17. The molecule has 3 rings (SSSR count). The van der Waals surface area contributed by atoms with Gasteiger partial charge in [0.25, 0.3) is 5.56 Å². The molecular weight excluding hydrogens is 278 g/mol. The van der Waals surface area contributed by atoms with E-state index in [0.29, 0.717) is 5.92 Å². The lowest BCUT2D eigenvalue weighted by Crippen LogP contribution is -2.45. The number of carbonyl (C=O) groups excluding carboxylic acids is 1. The Labute approximate surface area is 131 Å². The van der Waals surface area contributed by atoms with Crippen LogP contribution in [-0.4, -0.2) is 21.7 Å². The molecule has 1 N–H and O–H groups in total. The number of rotatable bonds is 3. The van der Waals surface area contributed by atoms with E-state index in [0.717, 1.165) is 43.4 Å². The zero-order chi connectivity index (χ0) is 15.7. The van der Waals surface area contributed by atoms with Gasteiger partial charge in [-0.2, -0.15) is 5.10 Å². The highest BCUT2D eigenvalue weighted by Gasteiger charge is 2.27. The first-order chi connectivity index (χ1) is 10.6. The van der Waals surface area contributed by atoms with Gasteiger partial charge in [-0.05, 0) is 50.5 Å². The van der Waals surface area contributed by atoms with Gasteiger partial charge in [-0.3, -0.25) is 9.59 Å². The molecule has 2 aliphatic carbocycles. The molecule has 3 atom stereocenters. The van der Waals surface area contributed by atoms with E-state index in [-0.39, 0.29) is 17.5 Å². The van der Waals surface area contributed by atoms with E-state index in [1.807, 2.05) is 0 Å². The van der Waals surface area contributed by atoms with E-state index in [1.165, 1.54) is 17.5 Å². The van der Waals surface area contributed by atoms with Gasteiger partial charge < -0.3 is 5.32 Å². The van der Waals surface area contributed by atoms with Crippen LogP contribution in [0.15, 0.2) is 10.9 Å². The van der Waals surface area contributed by atoms with Crippen LogP contribution < -0.4 is 10.9 Å². The molecular formula is C17H25N3O2. The molecule has 22 heavy (non-hydrogen) atoms. The molecule has 0 spiro atoms. The van der Waals surface area contributed by atoms with Crippen LogP contribution in [0.4, 0.5) is 0 Å². The fourth-order valence-electron chi connectivity index (χ4n) is 3.64. The predicted octanol–water partition coefficient (Wildman–Crippen LogP) is 1.99. The quantitative estimate of drug-likeness (QED) is 0.928. The van der Waals surface area contributed by atoms with Crippen molar-refractivity contribution in [1.82, 2.24) is 15.1 Å². The highest BCUT2D eigenvalue weighted by molar-refractivity contribution is 5.80. The number of fused-ring (bicyclic) bond motifs is 1. The van der Waals surface area contributed by atoms with Crippen LogP contribution in [0.3, 0.4) is 0 Å². The third-order valence-electron chi connectivity index (χ3n) is 5.17. The number of aryl methyl sites for hydroxylation is 2. The van der Waals surface area contributed by atoms with Crippen molar-refractivity contribution in [1.29, 1.82) is 0 Å². The Hall–Kier alpha value is -1.65. The number of aromatic nitrogens is 2. The lowest BCUT2D eigenvalue weighted by molar-refractivity contribution is -0.125. The van der Waals surface area contributed by atoms with Gasteiger partial charge in [0.2, 0.25) is 5.91 Å². The van der Waals surface area contributed by atoms with Crippen LogP contribution in [0.2, 0.25) is 0 Å². The SMILES string of the molecule is CC1CCCCC1NC(=O)C(C)n1nc2c(cc1=O)CCC2. The molecule has 0 aromatic carbocycles. The number of hydrogen-bond acceptors (Lipinski definition) is 3. The van der Waals surface area contributed by atoms with Crippen molar-refractivity contribution in [3.63, 3.8) is 0 Å². The average Bonchev–Trinajstić information content (AvgIpc) is 2.95. The monoisotopic (exact) mass is 303 g/mol. The Kier molecular flexibility index (Phi) is 4.32. The summed E-state index contributed by atoms with van der Waals surface area (Å²) in [7, 11) is 0. The largest absolute Gasteiger partial charge is 0.351 e. The van der Waals surface area contributed by atoms with Crippen molar-refractivity contribution < 1.29 is 4.79 Å². The molecule has 0 radical (unpaired) electrons. The van der Waals surface area contributed by atoms with E-state index in [2.05, 4.69) is 17.3 Å². The van der Waals surface area contributed by atoms with Gasteiger partial charge in [-0.15, -0.1) is 0 Å². The number of amides is 1. The minimum atomic E-state index is -0.549. The minimum Gasteiger partial charge on any atom is -0.351 e. The highest BCUT2D eigenvalue weighted by atomic mass is 16.2. The lowest BCUT2D eigenvalue weighted by Gasteiger charge is -2.30. The molecule has 2 aliphatic rings. The summed E-state index contributed by atoms with van der Waals surface area (Å²) < 4.78 is 1.35. The zero-order valence-corrected chi connectivity index (χ0v) is 13.5. The Bertz CT molecular complexity index is 623. The van der Waals surface area contributed by atoms with Crippen molar-refractivity contribution in [3.8, 4) is 0 Å². The van der Waals surface area contributed by atoms with Crippen molar-refractivity contribution in [2.75, 3.05) is 0 Å². The molecule has 5 nitrogen and oxygen atoms in total. The molecule has 120 valence electrons. The zero-order valence-electron chi connectivity index (χ0n) is 13.5. The van der Waals surface area contributed by atoms with Crippen LogP contribution in [0.5, 0.6) is 0 Å². The van der Waals surface area contributed by atoms with Crippen LogP contribution >= 0.6 is 0 Å². The summed E-state index contributed by atoms with van der Waals surface area (Å²) in [6.45, 7) is 3.95. The van der Waals surface area contributed by atoms with Gasteiger partial charge >= 0.3 is 0 Å². The second-order valence-corrected chi connectivity index (χ2v) is 6.81. The van der Waals surface area contributed by atoms with Crippen molar-refractivity contribution in [3.05, 3.63) is 27.7 Å². The van der Waals surface area contributed by atoms with Gasteiger partial charge in [0.1, 0.15) is 6.04 Å². The Morgan fingerprint density at radius 3 is 2.86 bits per heavy atom. The maximum atomic E-state index is 12.5. The van der Waals surface area contributed by atoms with Crippen LogP contribution in [-0.2, 0) is 17.6 Å². The molecule has 0 aliphatic heterocycles. The predicted molar refractivity (Wildman–Crippen MR) is 84.8 cm³/mol. The first-order valence-corrected chi connectivity index (χ1v) is 8.48. The summed E-state index contributed by atoms with van der Waals surface area (Å²) in [5, 5.41) is 7.55. The summed E-state index contributed by atoms with van der Waals surface area (Å²) in [5.41, 5.74) is 1.86. The first-order valence-electron chi connectivity index (χ1n) is 8.48. The van der Waals surface area contributed by atoms with E-state index in [1.54, 1.807) is 13.0 Å². The van der Waals surface area contributed by atoms with Gasteiger partial charge in [0.15, 0.2) is 0 Å². The molecule has 1 aromatic heterocycles. The van der Waals surface area contributed by atoms with E-state index < -0.39 is 6.04 Å². The standard InChI is InChI=1S/C17H25N3O2/c1-11-6-3-4-8-14(11)18-17(22)12(2)20-16(21)10-13-7-5-9-15(13)19-20/h10-12,14H,3-9H2,1-2H3,(H,18,22). The summed E-state index contributed by atoms with van der Waals surface area (Å²) >= 11 is 0. The first kappa shape index (κ1) is 15.3. The van der Waals surface area contributed by atoms with E-state index >= 15 is 0 Å². The third kappa shape index (κ3) is 2.94. The number of nitrogens with one attached hydrogen (secondary N) is 1. The molecule has 5 heteroatoms. The van der Waals surface area contributed by atoms with E-state index in [9.17, 15) is 9.59 Å². The number of carbonyl (C=O) groups is 1. The second kappa shape index (κ2) is 6.23. The summed E-state index contributed by atoms with van der Waals surface area (Å²) in [6.07, 6.45) is 7.49. The Morgan fingerprint density at radius 1 is 1.32 bits per heavy atom. The van der Waals surface area contributed by atoms with Crippen LogP contribution in [0.25, 0.3) is 0 Å². The number of hydrogen-bond donors (Lipinski definition) is 1. The maximum absolute atomic E-state index is 12.5. The molecule has 1 saturated carbocycles. The topological polar surface area (TPSA) is 64.0 Å². The van der Waals surface area contributed by atoms with Gasteiger partial charge in [-0.25, -0.2) is 4.68 Å². The molecule has 0 saturated heterocycles. The van der Waals surface area contributed by atoms with E-state index in [4.69, 9.17) is 0 Å². The van der Waals surface area contributed by atoms with Gasteiger partial charge in [0.05, 0.1) is 5.69 Å². The molecule has 1 heterocycles. The second-order valence-electron chi connectivity index (χ2n) is 6.81. The molecule has 1 aromatic rings. The maximum Gasteiger partial charge on any atom is 0.267 e. The van der Waals surface area contributed by atoms with Gasteiger partial charge in [0, 0.05) is 12.1 Å². The molecule has 0 bridgehead atoms. The highest BCUT2D eigenvalue weighted by Crippen LogP contribution is 2.24. The average molecular weight is 303 g/mol. The minimum absolute atomic E-state index is 0.0914. The Morgan fingerprint density at radius 2 is 2.09 bits per heavy atom. The fraction of sp³-hybridized carbons (Fsp3) is 0.706. The fourth-order valence-corrected chi connectivity index (χ4v) is 3.64. The van der Waals surface area contributed by atoms with Crippen molar-refractivity contribution in [2.45, 2.75) is 70.9 Å². The van der Waals surface area contributed by atoms with Crippen molar-refractivity contribution >= 4 is 5.91 Å². The molecule has 1 fully saturated rings.